The first kappa shape index (κ1) is 22.6. The SMILES string of the molecule is COc1ccc([C@@H](c2nnnn2C[C@H]2CCCO2)N2CCN(C3CCCC3)CC2)c(OC)c1. The van der Waals surface area contributed by atoms with Crippen LogP contribution in [0, 0.1) is 0 Å². The monoisotopic (exact) mass is 456 g/mol. The zero-order valence-corrected chi connectivity index (χ0v) is 19.9. The summed E-state index contributed by atoms with van der Waals surface area (Å²) in [6.45, 7) is 5.60. The number of rotatable bonds is 8. The van der Waals surface area contributed by atoms with Crippen LogP contribution < -0.4 is 9.47 Å². The molecule has 1 saturated carbocycles. The third kappa shape index (κ3) is 4.85. The quantitative estimate of drug-likeness (QED) is 0.600. The van der Waals surface area contributed by atoms with Gasteiger partial charge in [-0.25, -0.2) is 4.68 Å². The standard InChI is InChI=1S/C24H36N6O3/c1-31-19-9-10-21(22(16-19)32-2)23(24-25-26-27-30(24)17-20-8-5-15-33-20)29-13-11-28(12-14-29)18-6-3-4-7-18/h9-10,16,18,20,23H,3-8,11-15,17H2,1-2H3/t20-,23+/m1/s1. The molecule has 9 nitrogen and oxygen atoms in total. The van der Waals surface area contributed by atoms with Gasteiger partial charge in [0.1, 0.15) is 17.5 Å². The smallest absolute Gasteiger partial charge is 0.173 e. The normalized spacial score (nSPS) is 23.8. The van der Waals surface area contributed by atoms with Crippen LogP contribution in [0.3, 0.4) is 0 Å². The van der Waals surface area contributed by atoms with E-state index >= 15 is 0 Å². The molecule has 3 fully saturated rings. The maximum atomic E-state index is 5.88. The number of hydrogen-bond donors (Lipinski definition) is 0. The van der Waals surface area contributed by atoms with Crippen molar-refractivity contribution in [2.45, 2.75) is 63.3 Å². The molecule has 2 atom stereocenters. The Bertz CT molecular complexity index is 901. The molecule has 1 aliphatic carbocycles. The van der Waals surface area contributed by atoms with Crippen molar-refractivity contribution < 1.29 is 14.2 Å². The number of methoxy groups -OCH3 is 2. The van der Waals surface area contributed by atoms with Gasteiger partial charge in [-0.15, -0.1) is 5.10 Å². The molecule has 0 radical (unpaired) electrons. The minimum atomic E-state index is -0.0898. The lowest BCUT2D eigenvalue weighted by Gasteiger charge is -2.41. The van der Waals surface area contributed by atoms with E-state index in [4.69, 9.17) is 14.2 Å². The zero-order chi connectivity index (χ0) is 22.6. The van der Waals surface area contributed by atoms with Gasteiger partial charge in [0.15, 0.2) is 5.82 Å². The predicted octanol–water partition coefficient (Wildman–Crippen LogP) is 2.52. The molecular weight excluding hydrogens is 420 g/mol. The molecule has 2 aliphatic heterocycles. The van der Waals surface area contributed by atoms with Crippen LogP contribution in [0.1, 0.15) is 56.0 Å². The average molecular weight is 457 g/mol. The fraction of sp³-hybridized carbons (Fsp3) is 0.708. The van der Waals surface area contributed by atoms with Gasteiger partial charge in [0.2, 0.25) is 0 Å². The van der Waals surface area contributed by atoms with E-state index in [0.717, 1.165) is 74.6 Å². The molecule has 0 bridgehead atoms. The second-order valence-electron chi connectivity index (χ2n) is 9.37. The molecule has 9 heteroatoms. The van der Waals surface area contributed by atoms with E-state index in [2.05, 4.69) is 31.4 Å². The van der Waals surface area contributed by atoms with Crippen molar-refractivity contribution in [2.75, 3.05) is 47.0 Å². The molecule has 0 amide bonds. The Labute approximate surface area is 196 Å². The fourth-order valence-electron chi connectivity index (χ4n) is 5.69. The summed E-state index contributed by atoms with van der Waals surface area (Å²) in [6.07, 6.45) is 7.75. The highest BCUT2D eigenvalue weighted by atomic mass is 16.5. The van der Waals surface area contributed by atoms with Gasteiger partial charge in [-0.05, 0) is 48.2 Å². The Morgan fingerprint density at radius 1 is 1.03 bits per heavy atom. The van der Waals surface area contributed by atoms with Crippen LogP contribution in [-0.2, 0) is 11.3 Å². The van der Waals surface area contributed by atoms with Gasteiger partial charge in [0.25, 0.3) is 0 Å². The number of nitrogens with zero attached hydrogens (tertiary/aromatic N) is 6. The molecule has 180 valence electrons. The van der Waals surface area contributed by atoms with Crippen LogP contribution in [0.25, 0.3) is 0 Å². The van der Waals surface area contributed by atoms with Gasteiger partial charge in [0, 0.05) is 50.5 Å². The highest BCUT2D eigenvalue weighted by molar-refractivity contribution is 5.44. The summed E-state index contributed by atoms with van der Waals surface area (Å²) < 4.78 is 19.1. The van der Waals surface area contributed by atoms with Crippen LogP contribution in [-0.4, -0.2) is 89.2 Å². The Hall–Kier alpha value is -2.23. The fourth-order valence-corrected chi connectivity index (χ4v) is 5.69. The minimum absolute atomic E-state index is 0.0898. The van der Waals surface area contributed by atoms with Crippen LogP contribution >= 0.6 is 0 Å². The average Bonchev–Trinajstić information content (AvgIpc) is 3.64. The van der Waals surface area contributed by atoms with Gasteiger partial charge in [-0.3, -0.25) is 9.80 Å². The zero-order valence-electron chi connectivity index (χ0n) is 19.9. The maximum absolute atomic E-state index is 5.88. The van der Waals surface area contributed by atoms with Crippen molar-refractivity contribution in [3.05, 3.63) is 29.6 Å². The van der Waals surface area contributed by atoms with E-state index in [9.17, 15) is 0 Å². The first-order chi connectivity index (χ1) is 16.3. The molecule has 0 unspecified atom stereocenters. The summed E-state index contributed by atoms with van der Waals surface area (Å²) in [7, 11) is 3.39. The molecule has 33 heavy (non-hydrogen) atoms. The summed E-state index contributed by atoms with van der Waals surface area (Å²) in [5.41, 5.74) is 1.07. The third-order valence-corrected chi connectivity index (χ3v) is 7.50. The van der Waals surface area contributed by atoms with Gasteiger partial charge in [-0.2, -0.15) is 0 Å². The first-order valence-electron chi connectivity index (χ1n) is 12.3. The number of aromatic nitrogens is 4. The lowest BCUT2D eigenvalue weighted by Crippen LogP contribution is -2.51. The van der Waals surface area contributed by atoms with E-state index in [0.29, 0.717) is 6.54 Å². The summed E-state index contributed by atoms with van der Waals surface area (Å²) in [5, 5.41) is 13.0. The number of tetrazole rings is 1. The van der Waals surface area contributed by atoms with Gasteiger partial charge < -0.3 is 14.2 Å². The lowest BCUT2D eigenvalue weighted by molar-refractivity contribution is 0.0714. The number of hydrogen-bond acceptors (Lipinski definition) is 8. The van der Waals surface area contributed by atoms with Gasteiger partial charge >= 0.3 is 0 Å². The van der Waals surface area contributed by atoms with Crippen molar-refractivity contribution >= 4 is 0 Å². The van der Waals surface area contributed by atoms with Crippen LogP contribution in [0.2, 0.25) is 0 Å². The molecule has 2 aromatic rings. The second kappa shape index (κ2) is 10.4. The number of benzene rings is 1. The largest absolute Gasteiger partial charge is 0.497 e. The van der Waals surface area contributed by atoms with Crippen LogP contribution in [0.5, 0.6) is 11.5 Å². The van der Waals surface area contributed by atoms with E-state index in [1.54, 1.807) is 14.2 Å². The van der Waals surface area contributed by atoms with Crippen molar-refractivity contribution in [1.29, 1.82) is 0 Å². The Morgan fingerprint density at radius 2 is 1.85 bits per heavy atom. The molecule has 3 heterocycles. The molecule has 0 N–H and O–H groups in total. The van der Waals surface area contributed by atoms with E-state index in [-0.39, 0.29) is 12.1 Å². The van der Waals surface area contributed by atoms with Crippen molar-refractivity contribution in [3.8, 4) is 11.5 Å². The Balaban J connectivity index is 1.44. The summed E-state index contributed by atoms with van der Waals surface area (Å²) in [6, 6.07) is 6.70. The topological polar surface area (TPSA) is 77.8 Å². The third-order valence-electron chi connectivity index (χ3n) is 7.50. The van der Waals surface area contributed by atoms with Crippen LogP contribution in [0.15, 0.2) is 18.2 Å². The van der Waals surface area contributed by atoms with Crippen LogP contribution in [0.4, 0.5) is 0 Å². The van der Waals surface area contributed by atoms with Gasteiger partial charge in [0.05, 0.1) is 26.9 Å². The minimum Gasteiger partial charge on any atom is -0.497 e. The Kier molecular flexibility index (Phi) is 7.08. The van der Waals surface area contributed by atoms with Crippen molar-refractivity contribution in [3.63, 3.8) is 0 Å². The summed E-state index contributed by atoms with van der Waals surface area (Å²) in [5.74, 6) is 2.42. The summed E-state index contributed by atoms with van der Waals surface area (Å²) >= 11 is 0. The molecular formula is C24H36N6O3. The highest BCUT2D eigenvalue weighted by Gasteiger charge is 2.35. The summed E-state index contributed by atoms with van der Waals surface area (Å²) in [4.78, 5) is 5.19. The molecule has 3 aliphatic rings. The number of piperazine rings is 1. The number of ether oxygens (including phenoxy) is 3. The van der Waals surface area contributed by atoms with E-state index < -0.39 is 0 Å². The maximum Gasteiger partial charge on any atom is 0.173 e. The molecule has 0 spiro atoms. The molecule has 2 saturated heterocycles. The molecule has 5 rings (SSSR count). The van der Waals surface area contributed by atoms with Crippen molar-refractivity contribution in [2.24, 2.45) is 0 Å². The van der Waals surface area contributed by atoms with Crippen molar-refractivity contribution in [1.82, 2.24) is 30.0 Å². The molecule has 1 aromatic carbocycles. The lowest BCUT2D eigenvalue weighted by atomic mass is 10.0. The molecule has 1 aromatic heterocycles. The van der Waals surface area contributed by atoms with E-state index in [1.807, 2.05) is 16.8 Å². The van der Waals surface area contributed by atoms with Gasteiger partial charge in [-0.1, -0.05) is 12.8 Å². The first-order valence-corrected chi connectivity index (χ1v) is 12.3. The Morgan fingerprint density at radius 3 is 2.55 bits per heavy atom. The second-order valence-corrected chi connectivity index (χ2v) is 9.37. The van der Waals surface area contributed by atoms with E-state index in [1.165, 1.54) is 25.7 Å². The highest BCUT2D eigenvalue weighted by Crippen LogP contribution is 2.37. The predicted molar refractivity (Wildman–Crippen MR) is 124 cm³/mol.